The van der Waals surface area contributed by atoms with Crippen LogP contribution in [-0.4, -0.2) is 24.0 Å². The van der Waals surface area contributed by atoms with Gasteiger partial charge >= 0.3 is 0 Å². The third kappa shape index (κ3) is 3.21. The van der Waals surface area contributed by atoms with Crippen LogP contribution in [0.2, 0.25) is 0 Å². The topological polar surface area (TPSA) is 3.24 Å². The minimum atomic E-state index is 0. The Labute approximate surface area is 66.4 Å². The number of hydrogen-bond acceptors (Lipinski definition) is 1. The number of rotatable bonds is 3. The van der Waals surface area contributed by atoms with E-state index in [1.807, 2.05) is 0 Å². The molecule has 0 aromatic rings. The summed E-state index contributed by atoms with van der Waals surface area (Å²) in [5.41, 5.74) is 0.384. The fourth-order valence-corrected chi connectivity index (χ4v) is 0.698. The van der Waals surface area contributed by atoms with E-state index in [4.69, 9.17) is 0 Å². The Bertz CT molecular complexity index is 76.8. The maximum atomic E-state index is 2.37. The highest BCUT2D eigenvalue weighted by atomic mass is 15.1. The second-order valence-electron chi connectivity index (χ2n) is 3.18. The van der Waals surface area contributed by atoms with Gasteiger partial charge in [-0.1, -0.05) is 21.3 Å². The van der Waals surface area contributed by atoms with Crippen molar-refractivity contribution in [2.24, 2.45) is 0 Å². The first-order valence-electron chi connectivity index (χ1n) is 3.75. The van der Waals surface area contributed by atoms with Crippen molar-refractivity contribution < 1.29 is 0 Å². The van der Waals surface area contributed by atoms with Gasteiger partial charge in [0.05, 0.1) is 0 Å². The lowest BCUT2D eigenvalue weighted by Gasteiger charge is -2.33. The first-order chi connectivity index (χ1) is 4.04. The Morgan fingerprint density at radius 2 is 1.60 bits per heavy atom. The van der Waals surface area contributed by atoms with Gasteiger partial charge in [-0.2, -0.15) is 0 Å². The molecule has 0 aliphatic carbocycles. The van der Waals surface area contributed by atoms with Gasteiger partial charge in [0.1, 0.15) is 0 Å². The first-order valence-corrected chi connectivity index (χ1v) is 3.75. The Morgan fingerprint density at radius 1 is 1.20 bits per heavy atom. The van der Waals surface area contributed by atoms with Crippen LogP contribution in [0, 0.1) is 0 Å². The molecule has 10 heavy (non-hydrogen) atoms. The molecular formula is C9H23N. The van der Waals surface area contributed by atoms with Gasteiger partial charge in [-0.15, -0.1) is 0 Å². The van der Waals surface area contributed by atoms with Crippen molar-refractivity contribution >= 4 is 0 Å². The molecule has 0 saturated heterocycles. The molecule has 0 rings (SSSR count). The summed E-state index contributed by atoms with van der Waals surface area (Å²) in [4.78, 5) is 2.37. The fourth-order valence-electron chi connectivity index (χ4n) is 0.698. The van der Waals surface area contributed by atoms with Crippen molar-refractivity contribution in [1.82, 2.24) is 4.90 Å². The maximum Gasteiger partial charge on any atom is 0.0147 e. The Kier molecular flexibility index (Phi) is 5.96. The van der Waals surface area contributed by atoms with Crippen LogP contribution in [0.4, 0.5) is 0 Å². The van der Waals surface area contributed by atoms with Gasteiger partial charge in [0, 0.05) is 5.54 Å². The van der Waals surface area contributed by atoms with Crippen LogP contribution < -0.4 is 0 Å². The van der Waals surface area contributed by atoms with Crippen LogP contribution in [0.3, 0.4) is 0 Å². The summed E-state index contributed by atoms with van der Waals surface area (Å²) >= 11 is 0. The highest BCUT2D eigenvalue weighted by molar-refractivity contribution is 4.75. The van der Waals surface area contributed by atoms with E-state index in [-0.39, 0.29) is 7.43 Å². The summed E-state index contributed by atoms with van der Waals surface area (Å²) in [7, 11) is 2.17. The molecule has 0 saturated carbocycles. The zero-order valence-corrected chi connectivity index (χ0v) is 7.36. The molecule has 64 valence electrons. The second kappa shape index (κ2) is 4.73. The van der Waals surface area contributed by atoms with Gasteiger partial charge in [0.25, 0.3) is 0 Å². The van der Waals surface area contributed by atoms with E-state index < -0.39 is 0 Å². The molecule has 1 heteroatoms. The van der Waals surface area contributed by atoms with Crippen molar-refractivity contribution in [2.75, 3.05) is 13.6 Å². The Hall–Kier alpha value is -0.0400. The van der Waals surface area contributed by atoms with Gasteiger partial charge in [0.15, 0.2) is 0 Å². The minimum absolute atomic E-state index is 0. The molecule has 0 amide bonds. The van der Waals surface area contributed by atoms with E-state index in [0.29, 0.717) is 5.54 Å². The molecule has 1 nitrogen and oxygen atoms in total. The predicted octanol–water partition coefficient (Wildman–Crippen LogP) is 2.76. The summed E-state index contributed by atoms with van der Waals surface area (Å²) in [6.07, 6.45) is 1.22. The molecule has 0 heterocycles. The smallest absolute Gasteiger partial charge is 0.0147 e. The zero-order valence-electron chi connectivity index (χ0n) is 7.36. The largest absolute Gasteiger partial charge is 0.302 e. The van der Waals surface area contributed by atoms with Gasteiger partial charge in [-0.05, 0) is 33.9 Å². The van der Waals surface area contributed by atoms with Crippen LogP contribution in [0.25, 0.3) is 0 Å². The second-order valence-corrected chi connectivity index (χ2v) is 3.18. The average Bonchev–Trinajstić information content (AvgIpc) is 1.86. The van der Waals surface area contributed by atoms with Crippen molar-refractivity contribution in [3.8, 4) is 0 Å². The first kappa shape index (κ1) is 12.6. The van der Waals surface area contributed by atoms with E-state index in [1.165, 1.54) is 6.42 Å². The van der Waals surface area contributed by atoms with E-state index in [2.05, 4.69) is 39.6 Å². The molecule has 0 bridgehead atoms. The molecule has 0 spiro atoms. The molecular weight excluding hydrogens is 122 g/mol. The van der Waals surface area contributed by atoms with E-state index in [0.717, 1.165) is 6.54 Å². The molecule has 0 N–H and O–H groups in total. The third-order valence-electron chi connectivity index (χ3n) is 2.37. The van der Waals surface area contributed by atoms with Crippen LogP contribution in [-0.2, 0) is 0 Å². The van der Waals surface area contributed by atoms with Crippen molar-refractivity contribution in [3.05, 3.63) is 0 Å². The quantitative estimate of drug-likeness (QED) is 0.590. The number of hydrogen-bond donors (Lipinski definition) is 0. The lowest BCUT2D eigenvalue weighted by molar-refractivity contribution is 0.159. The highest BCUT2D eigenvalue weighted by Gasteiger charge is 2.18. The Balaban J connectivity index is 0. The molecule has 0 aromatic heterocycles. The van der Waals surface area contributed by atoms with Crippen LogP contribution >= 0.6 is 0 Å². The molecule has 0 aromatic carbocycles. The van der Waals surface area contributed by atoms with E-state index >= 15 is 0 Å². The molecule has 0 radical (unpaired) electrons. The van der Waals surface area contributed by atoms with Gasteiger partial charge < -0.3 is 4.90 Å². The summed E-state index contributed by atoms with van der Waals surface area (Å²) in [5, 5.41) is 0. The standard InChI is InChI=1S/C8H19N.CH4/c1-6-8(3,4)9(5)7-2;/h6-7H2,1-5H3;1H4. The van der Waals surface area contributed by atoms with Crippen molar-refractivity contribution in [2.45, 2.75) is 47.1 Å². The average molecular weight is 145 g/mol. The van der Waals surface area contributed by atoms with Crippen molar-refractivity contribution in [1.29, 1.82) is 0 Å². The highest BCUT2D eigenvalue weighted by Crippen LogP contribution is 2.14. The zero-order chi connectivity index (χ0) is 7.49. The normalized spacial score (nSPS) is 11.4. The van der Waals surface area contributed by atoms with Crippen LogP contribution in [0.5, 0.6) is 0 Å². The van der Waals surface area contributed by atoms with Gasteiger partial charge in [0.2, 0.25) is 0 Å². The van der Waals surface area contributed by atoms with Crippen LogP contribution in [0.1, 0.15) is 41.5 Å². The summed E-state index contributed by atoms with van der Waals surface area (Å²) in [6.45, 7) is 10.1. The summed E-state index contributed by atoms with van der Waals surface area (Å²) < 4.78 is 0. The molecule has 0 aliphatic heterocycles. The minimum Gasteiger partial charge on any atom is -0.302 e. The molecule has 0 aliphatic rings. The SMILES string of the molecule is C.CCN(C)C(C)(C)CC. The molecule has 0 unspecified atom stereocenters. The lowest BCUT2D eigenvalue weighted by Crippen LogP contribution is -2.40. The molecule has 0 atom stereocenters. The van der Waals surface area contributed by atoms with Crippen LogP contribution in [0.15, 0.2) is 0 Å². The van der Waals surface area contributed by atoms with Gasteiger partial charge in [-0.25, -0.2) is 0 Å². The predicted molar refractivity (Wildman–Crippen MR) is 49.4 cm³/mol. The Morgan fingerprint density at radius 3 is 1.70 bits per heavy atom. The maximum absolute atomic E-state index is 2.37. The van der Waals surface area contributed by atoms with E-state index in [9.17, 15) is 0 Å². The number of nitrogens with zero attached hydrogens (tertiary/aromatic N) is 1. The van der Waals surface area contributed by atoms with Crippen molar-refractivity contribution in [3.63, 3.8) is 0 Å². The monoisotopic (exact) mass is 145 g/mol. The van der Waals surface area contributed by atoms with Gasteiger partial charge in [-0.3, -0.25) is 0 Å². The third-order valence-corrected chi connectivity index (χ3v) is 2.37. The fraction of sp³-hybridized carbons (Fsp3) is 1.00. The summed E-state index contributed by atoms with van der Waals surface area (Å²) in [5.74, 6) is 0. The lowest BCUT2D eigenvalue weighted by atomic mass is 10.0. The van der Waals surface area contributed by atoms with E-state index in [1.54, 1.807) is 0 Å². The summed E-state index contributed by atoms with van der Waals surface area (Å²) in [6, 6.07) is 0. The molecule has 0 fully saturated rings.